The largest absolute Gasteiger partial charge is 0.466 e. The van der Waals surface area contributed by atoms with Gasteiger partial charge in [0.05, 0.1) is 45.1 Å². The molecule has 4 nitrogen and oxygen atoms in total. The van der Waals surface area contributed by atoms with Crippen molar-refractivity contribution in [2.45, 2.75) is 38.5 Å². The highest BCUT2D eigenvalue weighted by molar-refractivity contribution is 6.42. The Morgan fingerprint density at radius 2 is 1.09 bits per heavy atom. The van der Waals surface area contributed by atoms with Crippen LogP contribution >= 0.6 is 46.4 Å². The molecular weight excluding hydrogens is 494 g/mol. The fourth-order valence-electron chi connectivity index (χ4n) is 3.63. The molecule has 2 aliphatic rings. The van der Waals surface area contributed by atoms with Gasteiger partial charge in [-0.2, -0.15) is 0 Å². The summed E-state index contributed by atoms with van der Waals surface area (Å²) in [5.74, 6) is 0.258. The van der Waals surface area contributed by atoms with Gasteiger partial charge in [0.15, 0.2) is 0 Å². The standard InChI is InChI=1S/2C12H12Cl2O2/c2*1-2-16-12(15)9-6-8(9)7-3-4-10(13)11(14)5-7/h2*3-5,8-9H,2,6H2,1H3. The van der Waals surface area contributed by atoms with Gasteiger partial charge in [-0.15, -0.1) is 0 Å². The van der Waals surface area contributed by atoms with Crippen molar-refractivity contribution in [2.75, 3.05) is 13.2 Å². The van der Waals surface area contributed by atoms with E-state index in [4.69, 9.17) is 55.9 Å². The molecule has 0 aromatic heterocycles. The zero-order valence-electron chi connectivity index (χ0n) is 17.7. The van der Waals surface area contributed by atoms with E-state index in [9.17, 15) is 9.59 Å². The van der Waals surface area contributed by atoms with Crippen molar-refractivity contribution >= 4 is 58.3 Å². The molecule has 2 saturated carbocycles. The second-order valence-corrected chi connectivity index (χ2v) is 9.38. The number of ether oxygens (including phenoxy) is 2. The summed E-state index contributed by atoms with van der Waals surface area (Å²) < 4.78 is 9.95. The molecule has 32 heavy (non-hydrogen) atoms. The first-order valence-electron chi connectivity index (χ1n) is 10.5. The van der Waals surface area contributed by atoms with Gasteiger partial charge < -0.3 is 9.47 Å². The number of esters is 2. The average Bonchev–Trinajstić information content (AvgIpc) is 3.66. The highest BCUT2D eigenvalue weighted by Gasteiger charge is 2.46. The Kier molecular flexibility index (Phi) is 8.74. The molecule has 0 radical (unpaired) electrons. The summed E-state index contributed by atoms with van der Waals surface area (Å²) >= 11 is 23.5. The van der Waals surface area contributed by atoms with Crippen molar-refractivity contribution in [3.05, 3.63) is 67.6 Å². The van der Waals surface area contributed by atoms with Gasteiger partial charge in [-0.1, -0.05) is 58.5 Å². The summed E-state index contributed by atoms with van der Waals surface area (Å²) in [6.45, 7) is 4.50. The Bertz CT molecular complexity index is 914. The van der Waals surface area contributed by atoms with Crippen LogP contribution in [0.15, 0.2) is 36.4 Å². The van der Waals surface area contributed by atoms with Crippen LogP contribution in [0.1, 0.15) is 49.7 Å². The van der Waals surface area contributed by atoms with Crippen LogP contribution in [0.5, 0.6) is 0 Å². The second kappa shape index (κ2) is 11.1. The fourth-order valence-corrected chi connectivity index (χ4v) is 4.25. The lowest BCUT2D eigenvalue weighted by Gasteiger charge is -2.03. The van der Waals surface area contributed by atoms with Gasteiger partial charge in [0.1, 0.15) is 0 Å². The van der Waals surface area contributed by atoms with Crippen LogP contribution in [-0.2, 0) is 19.1 Å². The molecular formula is C24H24Cl4O4. The molecule has 8 heteroatoms. The molecule has 0 aliphatic heterocycles. The maximum Gasteiger partial charge on any atom is 0.309 e. The molecule has 2 aromatic rings. The lowest BCUT2D eigenvalue weighted by Crippen LogP contribution is -2.07. The quantitative estimate of drug-likeness (QED) is 0.376. The Labute approximate surface area is 208 Å². The Hall–Kier alpha value is -1.46. The molecule has 0 bridgehead atoms. The third-order valence-corrected chi connectivity index (χ3v) is 6.98. The van der Waals surface area contributed by atoms with Crippen LogP contribution in [-0.4, -0.2) is 25.2 Å². The summed E-state index contributed by atoms with van der Waals surface area (Å²) in [4.78, 5) is 22.9. The van der Waals surface area contributed by atoms with Crippen LogP contribution < -0.4 is 0 Å². The summed E-state index contributed by atoms with van der Waals surface area (Å²) in [6.07, 6.45) is 1.69. The molecule has 4 rings (SSSR count). The zero-order valence-corrected chi connectivity index (χ0v) is 20.8. The molecule has 0 heterocycles. The van der Waals surface area contributed by atoms with Crippen LogP contribution in [0, 0.1) is 11.8 Å². The van der Waals surface area contributed by atoms with Gasteiger partial charge in [-0.3, -0.25) is 9.59 Å². The van der Waals surface area contributed by atoms with Crippen LogP contribution in [0.3, 0.4) is 0 Å². The van der Waals surface area contributed by atoms with E-state index < -0.39 is 0 Å². The third kappa shape index (κ3) is 6.32. The Morgan fingerprint density at radius 1 is 0.719 bits per heavy atom. The predicted molar refractivity (Wildman–Crippen MR) is 128 cm³/mol. The van der Waals surface area contributed by atoms with Crippen LogP contribution in [0.25, 0.3) is 0 Å². The van der Waals surface area contributed by atoms with E-state index in [0.717, 1.165) is 24.0 Å². The number of hydrogen-bond acceptors (Lipinski definition) is 4. The summed E-state index contributed by atoms with van der Waals surface area (Å²) in [5, 5.41) is 2.15. The molecule has 2 aliphatic carbocycles. The number of halogens is 4. The third-order valence-electron chi connectivity index (χ3n) is 5.50. The van der Waals surface area contributed by atoms with E-state index in [-0.39, 0.29) is 35.6 Å². The minimum Gasteiger partial charge on any atom is -0.466 e. The zero-order chi connectivity index (χ0) is 23.4. The normalized spacial score (nSPS) is 22.9. The summed E-state index contributed by atoms with van der Waals surface area (Å²) in [7, 11) is 0. The van der Waals surface area contributed by atoms with Crippen molar-refractivity contribution in [1.82, 2.24) is 0 Å². The highest BCUT2D eigenvalue weighted by atomic mass is 35.5. The van der Waals surface area contributed by atoms with Crippen molar-refractivity contribution in [2.24, 2.45) is 11.8 Å². The van der Waals surface area contributed by atoms with E-state index in [0.29, 0.717) is 33.3 Å². The van der Waals surface area contributed by atoms with Crippen molar-refractivity contribution in [3.63, 3.8) is 0 Å². The van der Waals surface area contributed by atoms with Crippen LogP contribution in [0.4, 0.5) is 0 Å². The summed E-state index contributed by atoms with van der Waals surface area (Å²) in [5.41, 5.74) is 2.12. The maximum atomic E-state index is 11.5. The number of benzene rings is 2. The number of rotatable bonds is 6. The topological polar surface area (TPSA) is 52.6 Å². The Morgan fingerprint density at radius 3 is 1.41 bits per heavy atom. The van der Waals surface area contributed by atoms with E-state index in [1.165, 1.54) is 0 Å². The molecule has 2 aromatic carbocycles. The van der Waals surface area contributed by atoms with E-state index >= 15 is 0 Å². The van der Waals surface area contributed by atoms with E-state index in [2.05, 4.69) is 0 Å². The molecule has 0 amide bonds. The lowest BCUT2D eigenvalue weighted by molar-refractivity contribution is -0.145. The molecule has 4 atom stereocenters. The first-order valence-corrected chi connectivity index (χ1v) is 12.0. The van der Waals surface area contributed by atoms with Gasteiger partial charge in [-0.05, 0) is 73.9 Å². The second-order valence-electron chi connectivity index (χ2n) is 7.75. The Balaban J connectivity index is 0.000000181. The number of hydrogen-bond donors (Lipinski definition) is 0. The molecule has 2 fully saturated rings. The highest BCUT2D eigenvalue weighted by Crippen LogP contribution is 2.49. The van der Waals surface area contributed by atoms with Crippen molar-refractivity contribution in [3.8, 4) is 0 Å². The lowest BCUT2D eigenvalue weighted by atomic mass is 10.1. The van der Waals surface area contributed by atoms with Gasteiger partial charge in [0, 0.05) is 0 Å². The molecule has 0 N–H and O–H groups in total. The van der Waals surface area contributed by atoms with Gasteiger partial charge >= 0.3 is 11.9 Å². The average molecular weight is 518 g/mol. The smallest absolute Gasteiger partial charge is 0.309 e. The van der Waals surface area contributed by atoms with Crippen molar-refractivity contribution < 1.29 is 19.1 Å². The molecule has 4 unspecified atom stereocenters. The SMILES string of the molecule is CCOC(=O)C1CC1c1ccc(Cl)c(Cl)c1.CCOC(=O)C1CC1c1ccc(Cl)c(Cl)c1. The molecule has 0 saturated heterocycles. The van der Waals surface area contributed by atoms with E-state index in [1.807, 2.05) is 38.1 Å². The molecule has 172 valence electrons. The van der Waals surface area contributed by atoms with Gasteiger partial charge in [-0.25, -0.2) is 0 Å². The van der Waals surface area contributed by atoms with Crippen molar-refractivity contribution in [1.29, 1.82) is 0 Å². The predicted octanol–water partition coefficient (Wildman–Crippen LogP) is 7.32. The van der Waals surface area contributed by atoms with E-state index in [1.54, 1.807) is 12.1 Å². The monoisotopic (exact) mass is 516 g/mol. The first-order chi connectivity index (χ1) is 15.3. The number of carbonyl (C=O) groups is 2. The van der Waals surface area contributed by atoms with Gasteiger partial charge in [0.2, 0.25) is 0 Å². The van der Waals surface area contributed by atoms with Crippen LogP contribution in [0.2, 0.25) is 20.1 Å². The maximum absolute atomic E-state index is 11.5. The summed E-state index contributed by atoms with van der Waals surface area (Å²) in [6, 6.07) is 11.0. The minimum atomic E-state index is -0.112. The first kappa shape index (κ1) is 25.2. The number of carbonyl (C=O) groups excluding carboxylic acids is 2. The van der Waals surface area contributed by atoms with Gasteiger partial charge in [0.25, 0.3) is 0 Å². The fraction of sp³-hybridized carbons (Fsp3) is 0.417. The molecule has 0 spiro atoms. The minimum absolute atomic E-state index is 0.00260.